The second kappa shape index (κ2) is 17.5. The molecule has 62 heavy (non-hydrogen) atoms. The van der Waals surface area contributed by atoms with E-state index in [2.05, 4.69) is 20.7 Å². The van der Waals surface area contributed by atoms with Gasteiger partial charge in [-0.05, 0) is 91.7 Å². The maximum Gasteiger partial charge on any atom is 0.408 e. The van der Waals surface area contributed by atoms with Crippen LogP contribution in [0.1, 0.15) is 129 Å². The van der Waals surface area contributed by atoms with Crippen molar-refractivity contribution < 1.29 is 37.1 Å². The number of carbonyl (C=O) groups excluding carboxylic acids is 4. The number of hydrogen-bond donors (Lipinski definition) is 3. The van der Waals surface area contributed by atoms with E-state index in [4.69, 9.17) is 19.4 Å². The average molecular weight is 893 g/mol. The van der Waals surface area contributed by atoms with Crippen molar-refractivity contribution in [2.24, 2.45) is 5.92 Å². The fourth-order valence-corrected chi connectivity index (χ4v) is 11.4. The number of para-hydroxylation sites is 1. The number of hydrogen-bond acceptors (Lipinski definition) is 11. The highest BCUT2D eigenvalue weighted by atomic mass is 32.2. The second-order valence-corrected chi connectivity index (χ2v) is 21.3. The molecule has 2 aromatic heterocycles. The topological polar surface area (TPSA) is 194 Å². The summed E-state index contributed by atoms with van der Waals surface area (Å²) in [6, 6.07) is 4.14. The molecular weight excluding hydrogens is 833 g/mol. The number of aromatic nitrogens is 3. The highest BCUT2D eigenvalue weighted by Crippen LogP contribution is 2.46. The SMILES string of the molecule is CC(C)n1c(OC2CC3C(=O)NC4(C(=O)NS(=O)(=O)N5CCC5)CC4C=CCCCCCC(NC(=O)OC(C)(C)C)C(=O)N3C2)nc2c(-c3nc(C4CCCC4)cs3)cccc21. The zero-order valence-corrected chi connectivity index (χ0v) is 38.0. The van der Waals surface area contributed by atoms with Crippen molar-refractivity contribution in [2.45, 2.75) is 153 Å². The molecule has 5 atom stereocenters. The molecule has 4 amide bonds. The molecule has 18 heteroatoms. The van der Waals surface area contributed by atoms with Crippen LogP contribution in [0.5, 0.6) is 6.01 Å². The van der Waals surface area contributed by atoms with Gasteiger partial charge in [0.05, 0.1) is 17.8 Å². The number of nitrogens with zero attached hydrogens (tertiary/aromatic N) is 5. The maximum absolute atomic E-state index is 14.7. The lowest BCUT2D eigenvalue weighted by Gasteiger charge is -2.31. The van der Waals surface area contributed by atoms with E-state index in [1.807, 2.05) is 48.8 Å². The highest BCUT2D eigenvalue weighted by molar-refractivity contribution is 7.87. The number of thiazole rings is 1. The third kappa shape index (κ3) is 9.23. The van der Waals surface area contributed by atoms with Crippen LogP contribution in [0.2, 0.25) is 0 Å². The highest BCUT2D eigenvalue weighted by Gasteiger charge is 2.62. The van der Waals surface area contributed by atoms with Crippen molar-refractivity contribution in [3.8, 4) is 16.6 Å². The Bertz CT molecular complexity index is 2330. The molecule has 1 aromatic carbocycles. The first kappa shape index (κ1) is 44.1. The van der Waals surface area contributed by atoms with Crippen molar-refractivity contribution in [3.63, 3.8) is 0 Å². The minimum atomic E-state index is -4.11. The second-order valence-electron chi connectivity index (χ2n) is 18.8. The number of carbonyl (C=O) groups is 4. The molecule has 2 aliphatic carbocycles. The van der Waals surface area contributed by atoms with E-state index in [1.165, 1.54) is 22.0 Å². The Balaban J connectivity index is 1.11. The maximum atomic E-state index is 14.7. The van der Waals surface area contributed by atoms with Gasteiger partial charge in [0.15, 0.2) is 0 Å². The molecule has 16 nitrogen and oxygen atoms in total. The minimum absolute atomic E-state index is 0.0132. The fraction of sp³-hybridized carbons (Fsp3) is 0.636. The summed E-state index contributed by atoms with van der Waals surface area (Å²) in [6.07, 6.45) is 11.2. The normalized spacial score (nSPS) is 26.6. The third-order valence-corrected chi connectivity index (χ3v) is 15.1. The Morgan fingerprint density at radius 2 is 1.77 bits per heavy atom. The van der Waals surface area contributed by atoms with Crippen LogP contribution in [0.25, 0.3) is 21.6 Å². The molecule has 0 spiro atoms. The molecule has 0 bridgehead atoms. The lowest BCUT2D eigenvalue weighted by atomic mass is 10.0. The number of allylic oxidation sites excluding steroid dienone is 1. The fourth-order valence-electron chi connectivity index (χ4n) is 9.23. The molecule has 2 saturated carbocycles. The van der Waals surface area contributed by atoms with E-state index >= 15 is 0 Å². The van der Waals surface area contributed by atoms with Gasteiger partial charge >= 0.3 is 16.3 Å². The number of ether oxygens (including phenoxy) is 2. The van der Waals surface area contributed by atoms with Gasteiger partial charge in [0.25, 0.3) is 11.9 Å². The first-order valence-electron chi connectivity index (χ1n) is 22.3. The molecule has 3 aliphatic heterocycles. The van der Waals surface area contributed by atoms with Gasteiger partial charge in [0, 0.05) is 48.3 Å². The van der Waals surface area contributed by atoms with E-state index in [-0.39, 0.29) is 25.4 Å². The predicted molar refractivity (Wildman–Crippen MR) is 235 cm³/mol. The molecule has 0 radical (unpaired) electrons. The van der Waals surface area contributed by atoms with Gasteiger partial charge in [-0.2, -0.15) is 17.7 Å². The van der Waals surface area contributed by atoms with Gasteiger partial charge in [-0.3, -0.25) is 19.0 Å². The average Bonchev–Trinajstić information content (AvgIpc) is 3.77. The number of fused-ring (bicyclic) bond motifs is 3. The van der Waals surface area contributed by atoms with Gasteiger partial charge in [0.1, 0.15) is 39.9 Å². The van der Waals surface area contributed by atoms with Gasteiger partial charge in [-0.1, -0.05) is 43.9 Å². The quantitative estimate of drug-likeness (QED) is 0.211. The molecule has 336 valence electrons. The first-order chi connectivity index (χ1) is 29.5. The first-order valence-corrected chi connectivity index (χ1v) is 24.6. The smallest absolute Gasteiger partial charge is 0.408 e. The molecule has 5 unspecified atom stereocenters. The van der Waals surface area contributed by atoms with Gasteiger partial charge < -0.3 is 25.0 Å². The summed E-state index contributed by atoms with van der Waals surface area (Å²) in [6.45, 7) is 9.91. The number of amides is 4. The van der Waals surface area contributed by atoms with Crippen molar-refractivity contribution >= 4 is 56.4 Å². The Morgan fingerprint density at radius 1 is 1.02 bits per heavy atom. The van der Waals surface area contributed by atoms with Crippen molar-refractivity contribution in [3.05, 3.63) is 41.4 Å². The summed E-state index contributed by atoms with van der Waals surface area (Å²) in [5.74, 6) is -1.89. The van der Waals surface area contributed by atoms with E-state index in [0.717, 1.165) is 53.0 Å². The largest absolute Gasteiger partial charge is 0.459 e. The van der Waals surface area contributed by atoms with Gasteiger partial charge in [-0.25, -0.2) is 14.5 Å². The van der Waals surface area contributed by atoms with E-state index in [1.54, 1.807) is 32.1 Å². The van der Waals surface area contributed by atoms with Crippen molar-refractivity contribution in [1.29, 1.82) is 0 Å². The van der Waals surface area contributed by atoms with Crippen LogP contribution in [-0.2, 0) is 29.3 Å². The standard InChI is InChI=1S/C44H60N8O8S2/c1-27(2)52-34-20-13-18-31(38-45-33(26-61-38)28-15-11-12-16-28)36(34)47-41(52)59-30-23-35-37(53)48-44(40(55)49-62(57,58)50-21-14-22-50)24-29(44)17-9-7-6-8-10-19-32(39(54)51(35)25-30)46-42(56)60-43(3,4)5/h9,13,17-18,20,26-30,32,35H,6-8,10-12,14-16,19,21-25H2,1-5H3,(H,46,56)(H,48,53)(H,49,55). The number of alkyl carbamates (subject to hydrolysis) is 1. The summed E-state index contributed by atoms with van der Waals surface area (Å²) < 4.78 is 43.9. The predicted octanol–water partition coefficient (Wildman–Crippen LogP) is 6.10. The molecule has 5 aliphatic rings. The number of benzene rings is 1. The Kier molecular flexibility index (Phi) is 12.5. The molecule has 5 heterocycles. The molecule has 4 fully saturated rings. The molecule has 2 saturated heterocycles. The number of rotatable bonds is 9. The zero-order chi connectivity index (χ0) is 44.0. The monoisotopic (exact) mass is 892 g/mol. The van der Waals surface area contributed by atoms with Crippen LogP contribution in [0.4, 0.5) is 4.79 Å². The van der Waals surface area contributed by atoms with Crippen molar-refractivity contribution in [2.75, 3.05) is 19.6 Å². The Labute approximate surface area is 367 Å². The summed E-state index contributed by atoms with van der Waals surface area (Å²) in [5.41, 5.74) is 1.28. The lowest BCUT2D eigenvalue weighted by molar-refractivity contribution is -0.141. The number of imidazole rings is 1. The van der Waals surface area contributed by atoms with Crippen LogP contribution in [0.15, 0.2) is 35.7 Å². The Hall–Kier alpha value is -4.55. The van der Waals surface area contributed by atoms with Crippen LogP contribution < -0.4 is 20.1 Å². The van der Waals surface area contributed by atoms with E-state index < -0.39 is 69.3 Å². The zero-order valence-electron chi connectivity index (χ0n) is 36.4. The lowest BCUT2D eigenvalue weighted by Crippen LogP contribution is -2.59. The molecular formula is C44H60N8O8S2. The van der Waals surface area contributed by atoms with Crippen molar-refractivity contribution in [1.82, 2.24) is 39.1 Å². The van der Waals surface area contributed by atoms with Gasteiger partial charge in [0.2, 0.25) is 11.8 Å². The van der Waals surface area contributed by atoms with Crippen LogP contribution in [0.3, 0.4) is 0 Å². The summed E-state index contributed by atoms with van der Waals surface area (Å²) in [4.78, 5) is 68.1. The summed E-state index contributed by atoms with van der Waals surface area (Å²) in [7, 11) is -4.11. The Morgan fingerprint density at radius 3 is 2.48 bits per heavy atom. The molecule has 8 rings (SSSR count). The summed E-state index contributed by atoms with van der Waals surface area (Å²) >= 11 is 1.61. The van der Waals surface area contributed by atoms with E-state index in [0.29, 0.717) is 50.7 Å². The van der Waals surface area contributed by atoms with Crippen LogP contribution >= 0.6 is 11.3 Å². The number of nitrogens with one attached hydrogen (secondary N) is 3. The van der Waals surface area contributed by atoms with Crippen LogP contribution in [-0.4, -0.2) is 105 Å². The minimum Gasteiger partial charge on any atom is -0.459 e. The van der Waals surface area contributed by atoms with E-state index in [9.17, 15) is 27.6 Å². The molecule has 3 N–H and O–H groups in total. The summed E-state index contributed by atoms with van der Waals surface area (Å²) in [5, 5.41) is 8.76. The molecule has 3 aromatic rings. The third-order valence-electron chi connectivity index (χ3n) is 12.7. The van der Waals surface area contributed by atoms with Crippen LogP contribution in [0, 0.1) is 5.92 Å². The van der Waals surface area contributed by atoms with Gasteiger partial charge in [-0.15, -0.1) is 11.3 Å².